The SMILES string of the molecule is Cc1cccc(CN2CCN(C(=O)CN3CCNCC3c3nccn3C)CC2)c1. The number of nitrogens with zero attached hydrogens (tertiary/aromatic N) is 5. The number of piperazine rings is 2. The summed E-state index contributed by atoms with van der Waals surface area (Å²) in [5, 5.41) is 3.44. The molecule has 1 N–H and O–H groups in total. The first-order valence-corrected chi connectivity index (χ1v) is 10.6. The lowest BCUT2D eigenvalue weighted by molar-refractivity contribution is -0.135. The molecule has 2 aliphatic heterocycles. The van der Waals surface area contributed by atoms with E-state index in [1.807, 2.05) is 24.3 Å². The number of hydrogen-bond acceptors (Lipinski definition) is 5. The summed E-state index contributed by atoms with van der Waals surface area (Å²) in [6.45, 7) is 9.67. The molecular weight excluding hydrogens is 364 g/mol. The van der Waals surface area contributed by atoms with Crippen LogP contribution < -0.4 is 5.32 Å². The van der Waals surface area contributed by atoms with Crippen molar-refractivity contribution < 1.29 is 4.79 Å². The van der Waals surface area contributed by atoms with E-state index in [1.54, 1.807) is 0 Å². The molecule has 2 aromatic rings. The molecule has 1 unspecified atom stereocenters. The highest BCUT2D eigenvalue weighted by molar-refractivity contribution is 5.78. The predicted molar refractivity (Wildman–Crippen MR) is 113 cm³/mol. The number of nitrogens with one attached hydrogen (secondary N) is 1. The van der Waals surface area contributed by atoms with Crippen LogP contribution in [0.2, 0.25) is 0 Å². The Morgan fingerprint density at radius 3 is 2.76 bits per heavy atom. The summed E-state index contributed by atoms with van der Waals surface area (Å²) >= 11 is 0. The third-order valence-corrected chi connectivity index (χ3v) is 6.06. The average Bonchev–Trinajstić information content (AvgIpc) is 3.15. The summed E-state index contributed by atoms with van der Waals surface area (Å²) < 4.78 is 2.05. The van der Waals surface area contributed by atoms with Crippen LogP contribution in [-0.2, 0) is 18.4 Å². The molecule has 0 radical (unpaired) electrons. The summed E-state index contributed by atoms with van der Waals surface area (Å²) in [5.74, 6) is 1.26. The third kappa shape index (κ3) is 4.86. The van der Waals surface area contributed by atoms with Gasteiger partial charge in [-0.05, 0) is 12.5 Å². The van der Waals surface area contributed by atoms with E-state index in [4.69, 9.17) is 0 Å². The molecule has 2 saturated heterocycles. The lowest BCUT2D eigenvalue weighted by atomic mass is 10.1. The summed E-state index contributed by atoms with van der Waals surface area (Å²) in [5.41, 5.74) is 2.65. The van der Waals surface area contributed by atoms with Gasteiger partial charge in [0.15, 0.2) is 0 Å². The first-order valence-electron chi connectivity index (χ1n) is 10.6. The van der Waals surface area contributed by atoms with Gasteiger partial charge in [-0.25, -0.2) is 4.98 Å². The van der Waals surface area contributed by atoms with E-state index in [0.717, 1.165) is 58.2 Å². The van der Waals surface area contributed by atoms with Crippen LogP contribution in [0.5, 0.6) is 0 Å². The molecule has 156 valence electrons. The first kappa shape index (κ1) is 20.1. The Hall–Kier alpha value is -2.22. The summed E-state index contributed by atoms with van der Waals surface area (Å²) in [6, 6.07) is 8.84. The Kier molecular flexibility index (Phi) is 6.28. The number of imidazole rings is 1. The number of carbonyl (C=O) groups excluding carboxylic acids is 1. The van der Waals surface area contributed by atoms with E-state index in [1.165, 1.54) is 11.1 Å². The van der Waals surface area contributed by atoms with E-state index in [9.17, 15) is 4.79 Å². The van der Waals surface area contributed by atoms with Crippen molar-refractivity contribution in [2.24, 2.45) is 7.05 Å². The molecule has 1 aromatic carbocycles. The van der Waals surface area contributed by atoms with E-state index in [2.05, 4.69) is 55.9 Å². The van der Waals surface area contributed by atoms with Crippen LogP contribution in [0, 0.1) is 6.92 Å². The zero-order chi connectivity index (χ0) is 20.2. The molecule has 7 heteroatoms. The van der Waals surface area contributed by atoms with Crippen LogP contribution in [0.25, 0.3) is 0 Å². The zero-order valence-electron chi connectivity index (χ0n) is 17.5. The molecule has 0 spiro atoms. The van der Waals surface area contributed by atoms with Crippen molar-refractivity contribution >= 4 is 5.91 Å². The molecule has 4 rings (SSSR count). The van der Waals surface area contributed by atoms with E-state index in [-0.39, 0.29) is 11.9 Å². The van der Waals surface area contributed by atoms with Gasteiger partial charge in [-0.2, -0.15) is 0 Å². The smallest absolute Gasteiger partial charge is 0.236 e. The number of aromatic nitrogens is 2. The summed E-state index contributed by atoms with van der Waals surface area (Å²) in [4.78, 5) is 24.3. The maximum atomic E-state index is 13.0. The zero-order valence-corrected chi connectivity index (χ0v) is 17.5. The molecule has 29 heavy (non-hydrogen) atoms. The van der Waals surface area contributed by atoms with Gasteiger partial charge in [0.1, 0.15) is 5.82 Å². The number of carbonyl (C=O) groups is 1. The van der Waals surface area contributed by atoms with Crippen LogP contribution in [0.15, 0.2) is 36.7 Å². The van der Waals surface area contributed by atoms with Crippen molar-refractivity contribution in [3.8, 4) is 0 Å². The molecule has 2 fully saturated rings. The van der Waals surface area contributed by atoms with Crippen molar-refractivity contribution in [1.29, 1.82) is 0 Å². The fraction of sp³-hybridized carbons (Fsp3) is 0.545. The maximum absolute atomic E-state index is 13.0. The van der Waals surface area contributed by atoms with Gasteiger partial charge in [0.25, 0.3) is 0 Å². The quantitative estimate of drug-likeness (QED) is 0.818. The number of hydrogen-bond donors (Lipinski definition) is 1. The van der Waals surface area contributed by atoms with Crippen molar-refractivity contribution in [3.05, 3.63) is 53.6 Å². The van der Waals surface area contributed by atoms with Gasteiger partial charge < -0.3 is 14.8 Å². The lowest BCUT2D eigenvalue weighted by Gasteiger charge is -2.39. The van der Waals surface area contributed by atoms with E-state index < -0.39 is 0 Å². The Morgan fingerprint density at radius 1 is 1.21 bits per heavy atom. The van der Waals surface area contributed by atoms with Crippen LogP contribution >= 0.6 is 0 Å². The molecule has 2 aliphatic rings. The second-order valence-electron chi connectivity index (χ2n) is 8.23. The highest BCUT2D eigenvalue weighted by atomic mass is 16.2. The molecule has 1 amide bonds. The van der Waals surface area contributed by atoms with E-state index >= 15 is 0 Å². The molecule has 0 saturated carbocycles. The Labute approximate surface area is 173 Å². The summed E-state index contributed by atoms with van der Waals surface area (Å²) in [6.07, 6.45) is 3.80. The number of amides is 1. The minimum Gasteiger partial charge on any atom is -0.339 e. The highest BCUT2D eigenvalue weighted by Gasteiger charge is 2.30. The van der Waals surface area contributed by atoms with Gasteiger partial charge in [0.05, 0.1) is 12.6 Å². The van der Waals surface area contributed by atoms with Gasteiger partial charge in [0.2, 0.25) is 5.91 Å². The van der Waals surface area contributed by atoms with Gasteiger partial charge in [-0.1, -0.05) is 29.8 Å². The lowest BCUT2D eigenvalue weighted by Crippen LogP contribution is -2.54. The molecule has 1 atom stereocenters. The van der Waals surface area contributed by atoms with Crippen molar-refractivity contribution in [1.82, 2.24) is 29.6 Å². The maximum Gasteiger partial charge on any atom is 0.236 e. The third-order valence-electron chi connectivity index (χ3n) is 6.06. The molecule has 0 bridgehead atoms. The van der Waals surface area contributed by atoms with Crippen LogP contribution in [0.4, 0.5) is 0 Å². The van der Waals surface area contributed by atoms with Crippen LogP contribution in [-0.4, -0.2) is 82.5 Å². The van der Waals surface area contributed by atoms with E-state index in [0.29, 0.717) is 6.54 Å². The largest absolute Gasteiger partial charge is 0.339 e. The topological polar surface area (TPSA) is 56.6 Å². The molecular formula is C22H32N6O. The van der Waals surface area contributed by atoms with Crippen molar-refractivity contribution in [2.45, 2.75) is 19.5 Å². The monoisotopic (exact) mass is 396 g/mol. The fourth-order valence-electron chi connectivity index (χ4n) is 4.39. The van der Waals surface area contributed by atoms with Gasteiger partial charge in [0, 0.05) is 71.8 Å². The van der Waals surface area contributed by atoms with Crippen LogP contribution in [0.3, 0.4) is 0 Å². The highest BCUT2D eigenvalue weighted by Crippen LogP contribution is 2.20. The van der Waals surface area contributed by atoms with Crippen LogP contribution in [0.1, 0.15) is 23.0 Å². The average molecular weight is 397 g/mol. The van der Waals surface area contributed by atoms with Gasteiger partial charge >= 0.3 is 0 Å². The fourth-order valence-corrected chi connectivity index (χ4v) is 4.39. The summed E-state index contributed by atoms with van der Waals surface area (Å²) in [7, 11) is 2.02. The first-order chi connectivity index (χ1) is 14.1. The second-order valence-corrected chi connectivity index (χ2v) is 8.23. The standard InChI is InChI=1S/C22H32N6O/c1-18-4-3-5-19(14-18)16-26-10-12-27(13-11-26)21(29)17-28-9-6-23-15-20(28)22-24-7-8-25(22)2/h3-5,7-8,14,20,23H,6,9-13,15-17H2,1-2H3. The number of rotatable bonds is 5. The van der Waals surface area contributed by atoms with Gasteiger partial charge in [-0.3, -0.25) is 14.6 Å². The van der Waals surface area contributed by atoms with Crippen molar-refractivity contribution in [2.75, 3.05) is 52.4 Å². The predicted octanol–water partition coefficient (Wildman–Crippen LogP) is 1.02. The molecule has 1 aromatic heterocycles. The minimum atomic E-state index is 0.148. The van der Waals surface area contributed by atoms with Gasteiger partial charge in [-0.15, -0.1) is 0 Å². The number of benzene rings is 1. The van der Waals surface area contributed by atoms with Crippen molar-refractivity contribution in [3.63, 3.8) is 0 Å². The normalized spacial score (nSPS) is 21.4. The Bertz CT molecular complexity index is 826. The molecule has 3 heterocycles. The number of aryl methyl sites for hydroxylation is 2. The minimum absolute atomic E-state index is 0.148. The Balaban J connectivity index is 1.30. The Morgan fingerprint density at radius 2 is 2.03 bits per heavy atom. The second kappa shape index (κ2) is 9.07. The molecule has 7 nitrogen and oxygen atoms in total. The molecule has 0 aliphatic carbocycles.